The third-order valence-electron chi connectivity index (χ3n) is 5.22. The maximum absolute atomic E-state index is 12.9. The lowest BCUT2D eigenvalue weighted by Gasteiger charge is -2.12. The van der Waals surface area contributed by atoms with Gasteiger partial charge in [0.25, 0.3) is 0 Å². The van der Waals surface area contributed by atoms with Gasteiger partial charge >= 0.3 is 6.18 Å². The van der Waals surface area contributed by atoms with Crippen molar-refractivity contribution in [3.63, 3.8) is 0 Å². The van der Waals surface area contributed by atoms with Gasteiger partial charge in [-0.25, -0.2) is 0 Å². The van der Waals surface area contributed by atoms with Gasteiger partial charge in [0.2, 0.25) is 5.91 Å². The number of halogens is 4. The number of amides is 1. The van der Waals surface area contributed by atoms with E-state index in [4.69, 9.17) is 11.6 Å². The summed E-state index contributed by atoms with van der Waals surface area (Å²) in [5.41, 5.74) is 0.643. The molecule has 9 heteroatoms. The second-order valence-corrected chi connectivity index (χ2v) is 7.93. The summed E-state index contributed by atoms with van der Waals surface area (Å²) in [7, 11) is 0. The molecule has 0 bridgehead atoms. The van der Waals surface area contributed by atoms with Crippen molar-refractivity contribution in [2.24, 2.45) is 0 Å². The number of hydrogen-bond acceptors (Lipinski definition) is 3. The Bertz CT molecular complexity index is 1110. The zero-order valence-corrected chi connectivity index (χ0v) is 17.3. The molecule has 31 heavy (non-hydrogen) atoms. The lowest BCUT2D eigenvalue weighted by atomic mass is 10.1. The van der Waals surface area contributed by atoms with E-state index in [1.165, 1.54) is 12.1 Å². The summed E-state index contributed by atoms with van der Waals surface area (Å²) in [6.07, 6.45) is -0.545. The highest BCUT2D eigenvalue weighted by Gasteiger charge is 2.30. The van der Waals surface area contributed by atoms with Crippen LogP contribution in [-0.2, 0) is 30.4 Å². The summed E-state index contributed by atoms with van der Waals surface area (Å²) < 4.78 is 40.7. The molecule has 0 unspecified atom stereocenters. The van der Waals surface area contributed by atoms with E-state index in [2.05, 4.69) is 20.1 Å². The van der Waals surface area contributed by atoms with Crippen LogP contribution in [-0.4, -0.2) is 20.7 Å². The van der Waals surface area contributed by atoms with Crippen LogP contribution in [0, 0.1) is 0 Å². The predicted molar refractivity (Wildman–Crippen MR) is 112 cm³/mol. The van der Waals surface area contributed by atoms with Crippen molar-refractivity contribution in [1.29, 1.82) is 0 Å². The molecule has 1 N–H and O–H groups in total. The van der Waals surface area contributed by atoms with Crippen molar-refractivity contribution in [2.75, 3.05) is 5.32 Å². The van der Waals surface area contributed by atoms with E-state index in [-0.39, 0.29) is 12.0 Å². The Kier molecular flexibility index (Phi) is 6.00. The molecule has 3 aromatic rings. The molecule has 162 valence electrons. The molecule has 1 amide bonds. The number of anilines is 1. The van der Waals surface area contributed by atoms with Crippen LogP contribution in [0.3, 0.4) is 0 Å². The molecule has 0 aliphatic carbocycles. The summed E-state index contributed by atoms with van der Waals surface area (Å²) in [4.78, 5) is 12.4. The minimum absolute atomic E-state index is 0.178. The van der Waals surface area contributed by atoms with Gasteiger partial charge < -0.3 is 9.88 Å². The molecular weight excluding hydrogens is 429 g/mol. The number of fused-ring (bicyclic) bond motifs is 1. The molecule has 0 spiro atoms. The van der Waals surface area contributed by atoms with Gasteiger partial charge in [-0.05, 0) is 42.7 Å². The van der Waals surface area contributed by atoms with Gasteiger partial charge in [0.05, 0.1) is 17.0 Å². The lowest BCUT2D eigenvalue weighted by molar-refractivity contribution is -0.137. The van der Waals surface area contributed by atoms with E-state index in [1.807, 2.05) is 0 Å². The number of rotatable bonds is 4. The van der Waals surface area contributed by atoms with E-state index in [0.717, 1.165) is 50.2 Å². The van der Waals surface area contributed by atoms with Crippen molar-refractivity contribution in [1.82, 2.24) is 14.8 Å². The zero-order chi connectivity index (χ0) is 22.0. The minimum Gasteiger partial charge on any atom is -0.326 e. The average molecular weight is 449 g/mol. The highest BCUT2D eigenvalue weighted by Crippen LogP contribution is 2.32. The van der Waals surface area contributed by atoms with Crippen molar-refractivity contribution >= 4 is 23.2 Å². The highest BCUT2D eigenvalue weighted by molar-refractivity contribution is 6.33. The number of carbonyl (C=O) groups excluding carboxylic acids is 1. The molecule has 4 rings (SSSR count). The number of alkyl halides is 3. The first-order valence-electron chi connectivity index (χ1n) is 9.99. The molecule has 5 nitrogen and oxygen atoms in total. The van der Waals surface area contributed by atoms with Crippen molar-refractivity contribution in [2.45, 2.75) is 44.8 Å². The Hall–Kier alpha value is -2.87. The summed E-state index contributed by atoms with van der Waals surface area (Å²) in [6, 6.07) is 9.78. The van der Waals surface area contributed by atoms with E-state index < -0.39 is 17.6 Å². The quantitative estimate of drug-likeness (QED) is 0.571. The Labute approximate surface area is 182 Å². The number of carbonyl (C=O) groups is 1. The topological polar surface area (TPSA) is 59.8 Å². The van der Waals surface area contributed by atoms with Crippen LogP contribution >= 0.6 is 11.6 Å². The maximum atomic E-state index is 12.9. The largest absolute Gasteiger partial charge is 0.416 e. The molecular formula is C22H20ClF3N4O. The SMILES string of the molecule is O=C(Cc1cccc(C(F)(F)F)c1)Nc1ccc(Cl)c(-c2nnc3n2CCCCC3)c1. The molecule has 0 saturated carbocycles. The van der Waals surface area contributed by atoms with Gasteiger partial charge in [-0.2, -0.15) is 13.2 Å². The summed E-state index contributed by atoms with van der Waals surface area (Å²) >= 11 is 6.40. The highest BCUT2D eigenvalue weighted by atomic mass is 35.5. The Morgan fingerprint density at radius 3 is 2.74 bits per heavy atom. The van der Waals surface area contributed by atoms with Crippen LogP contribution in [0.25, 0.3) is 11.4 Å². The number of nitrogens with zero attached hydrogens (tertiary/aromatic N) is 3. The van der Waals surface area contributed by atoms with E-state index >= 15 is 0 Å². The van der Waals surface area contributed by atoms with Crippen LogP contribution in [0.5, 0.6) is 0 Å². The monoisotopic (exact) mass is 448 g/mol. The van der Waals surface area contributed by atoms with Crippen molar-refractivity contribution in [3.05, 3.63) is 64.4 Å². The van der Waals surface area contributed by atoms with Crippen LogP contribution in [0.4, 0.5) is 18.9 Å². The second kappa shape index (κ2) is 8.70. The van der Waals surface area contributed by atoms with Crippen LogP contribution in [0.2, 0.25) is 5.02 Å². The molecule has 1 aliphatic heterocycles. The third kappa shape index (κ3) is 4.90. The molecule has 0 fully saturated rings. The van der Waals surface area contributed by atoms with E-state index in [0.29, 0.717) is 22.1 Å². The smallest absolute Gasteiger partial charge is 0.326 e. The standard InChI is InChI=1S/C22H20ClF3N4O/c23-18-9-8-16(13-17(18)21-29-28-19-7-2-1-3-10-30(19)21)27-20(31)12-14-5-4-6-15(11-14)22(24,25)26/h4-6,8-9,11,13H,1-3,7,10,12H2,(H,27,31). The van der Waals surface area contributed by atoms with Crippen LogP contribution in [0.1, 0.15) is 36.2 Å². The number of hydrogen-bond donors (Lipinski definition) is 1. The fourth-order valence-corrected chi connectivity index (χ4v) is 3.91. The number of aromatic nitrogens is 3. The first-order chi connectivity index (χ1) is 14.8. The van der Waals surface area contributed by atoms with Gasteiger partial charge in [0, 0.05) is 24.2 Å². The molecule has 0 radical (unpaired) electrons. The fourth-order valence-electron chi connectivity index (χ4n) is 3.71. The number of nitrogens with one attached hydrogen (secondary N) is 1. The Morgan fingerprint density at radius 2 is 1.94 bits per heavy atom. The van der Waals surface area contributed by atoms with Crippen molar-refractivity contribution in [3.8, 4) is 11.4 Å². The third-order valence-corrected chi connectivity index (χ3v) is 5.55. The maximum Gasteiger partial charge on any atom is 0.416 e. The van der Waals surface area contributed by atoms with Gasteiger partial charge in [-0.15, -0.1) is 10.2 Å². The Balaban J connectivity index is 1.53. The van der Waals surface area contributed by atoms with Crippen LogP contribution in [0.15, 0.2) is 42.5 Å². The van der Waals surface area contributed by atoms with Crippen LogP contribution < -0.4 is 5.32 Å². The number of benzene rings is 2. The summed E-state index contributed by atoms with van der Waals surface area (Å²) in [5, 5.41) is 11.8. The summed E-state index contributed by atoms with van der Waals surface area (Å²) in [5.74, 6) is 1.14. The molecule has 1 aromatic heterocycles. The molecule has 0 atom stereocenters. The van der Waals surface area contributed by atoms with Crippen molar-refractivity contribution < 1.29 is 18.0 Å². The second-order valence-electron chi connectivity index (χ2n) is 7.52. The predicted octanol–water partition coefficient (Wildman–Crippen LogP) is 5.52. The van der Waals surface area contributed by atoms with Gasteiger partial charge in [-0.1, -0.05) is 36.2 Å². The molecule has 0 saturated heterocycles. The van der Waals surface area contributed by atoms with E-state index in [1.54, 1.807) is 18.2 Å². The fraction of sp³-hybridized carbons (Fsp3) is 0.318. The first kappa shape index (κ1) is 21.4. The van der Waals surface area contributed by atoms with Gasteiger partial charge in [-0.3, -0.25) is 4.79 Å². The molecule has 2 aromatic carbocycles. The molecule has 1 aliphatic rings. The average Bonchev–Trinajstić information content (AvgIpc) is 2.96. The van der Waals surface area contributed by atoms with Gasteiger partial charge in [0.15, 0.2) is 5.82 Å². The first-order valence-corrected chi connectivity index (χ1v) is 10.4. The number of aryl methyl sites for hydroxylation is 1. The van der Waals surface area contributed by atoms with Gasteiger partial charge in [0.1, 0.15) is 5.82 Å². The van der Waals surface area contributed by atoms with E-state index in [9.17, 15) is 18.0 Å². The minimum atomic E-state index is -4.45. The lowest BCUT2D eigenvalue weighted by Crippen LogP contribution is -2.15. The Morgan fingerprint density at radius 1 is 1.10 bits per heavy atom. The summed E-state index contributed by atoms with van der Waals surface area (Å²) in [6.45, 7) is 0.806. The zero-order valence-electron chi connectivity index (χ0n) is 16.5. The normalized spacial score (nSPS) is 14.1. The molecule has 2 heterocycles.